The van der Waals surface area contributed by atoms with E-state index in [0.717, 1.165) is 5.56 Å². The topological polar surface area (TPSA) is 85.2 Å². The Labute approximate surface area is 96.8 Å². The first kappa shape index (κ1) is 11.1. The number of aliphatic hydroxyl groups is 1. The summed E-state index contributed by atoms with van der Waals surface area (Å²) in [6.07, 6.45) is 0. The van der Waals surface area contributed by atoms with Gasteiger partial charge in [-0.1, -0.05) is 16.8 Å². The summed E-state index contributed by atoms with van der Waals surface area (Å²) in [4.78, 5) is 4.08. The highest BCUT2D eigenvalue weighted by Gasteiger charge is 2.14. The van der Waals surface area contributed by atoms with Crippen LogP contribution in [0.25, 0.3) is 11.5 Å². The molecule has 5 nitrogen and oxygen atoms in total. The number of aromatic nitrogens is 2. The van der Waals surface area contributed by atoms with E-state index < -0.39 is 6.04 Å². The molecule has 0 spiro atoms. The Balaban J connectivity index is 2.28. The summed E-state index contributed by atoms with van der Waals surface area (Å²) in [5.41, 5.74) is 6.31. The molecule has 1 unspecified atom stereocenters. The number of aliphatic hydroxyl groups excluding tert-OH is 1. The summed E-state index contributed by atoms with van der Waals surface area (Å²) in [6.45, 7) is -0.223. The van der Waals surface area contributed by atoms with Gasteiger partial charge in [-0.2, -0.15) is 4.98 Å². The Morgan fingerprint density at radius 3 is 2.69 bits per heavy atom. The van der Waals surface area contributed by atoms with Crippen LogP contribution in [0.3, 0.4) is 0 Å². The van der Waals surface area contributed by atoms with Crippen LogP contribution in [-0.4, -0.2) is 21.9 Å². The van der Waals surface area contributed by atoms with Crippen molar-refractivity contribution in [1.29, 1.82) is 0 Å². The molecular weight excluding hydrogens is 230 g/mol. The lowest BCUT2D eigenvalue weighted by atomic mass is 10.2. The molecule has 2 aromatic rings. The molecule has 16 heavy (non-hydrogen) atoms. The maximum Gasteiger partial charge on any atom is 0.257 e. The van der Waals surface area contributed by atoms with Gasteiger partial charge >= 0.3 is 0 Å². The Bertz CT molecular complexity index is 469. The van der Waals surface area contributed by atoms with E-state index in [1.54, 1.807) is 24.3 Å². The highest BCUT2D eigenvalue weighted by Crippen LogP contribution is 2.20. The normalized spacial score (nSPS) is 12.7. The van der Waals surface area contributed by atoms with Crippen molar-refractivity contribution in [3.63, 3.8) is 0 Å². The van der Waals surface area contributed by atoms with Gasteiger partial charge in [0.25, 0.3) is 5.89 Å². The molecule has 0 radical (unpaired) electrons. The molecule has 0 fully saturated rings. The Kier molecular flexibility index (Phi) is 3.19. The minimum atomic E-state index is -0.621. The zero-order chi connectivity index (χ0) is 11.5. The number of hydrogen-bond donors (Lipinski definition) is 2. The Morgan fingerprint density at radius 2 is 2.06 bits per heavy atom. The Hall–Kier alpha value is -1.43. The molecule has 3 N–H and O–H groups in total. The summed E-state index contributed by atoms with van der Waals surface area (Å²) in [5, 5.41) is 13.2. The van der Waals surface area contributed by atoms with Crippen LogP contribution in [0.5, 0.6) is 0 Å². The van der Waals surface area contributed by atoms with E-state index in [1.807, 2.05) is 0 Å². The second-order valence-electron chi connectivity index (χ2n) is 3.25. The van der Waals surface area contributed by atoms with Crippen LogP contribution in [-0.2, 0) is 0 Å². The second kappa shape index (κ2) is 4.61. The van der Waals surface area contributed by atoms with Crippen LogP contribution in [0.1, 0.15) is 11.9 Å². The molecule has 6 heteroatoms. The van der Waals surface area contributed by atoms with Gasteiger partial charge in [0, 0.05) is 10.6 Å². The van der Waals surface area contributed by atoms with Crippen molar-refractivity contribution in [2.75, 3.05) is 6.61 Å². The molecule has 0 aliphatic carbocycles. The number of nitrogens with zero attached hydrogens (tertiary/aromatic N) is 2. The molecule has 1 heterocycles. The molecular formula is C10H10ClN3O2. The average Bonchev–Trinajstić information content (AvgIpc) is 2.78. The van der Waals surface area contributed by atoms with Gasteiger partial charge in [0.15, 0.2) is 5.82 Å². The molecule has 0 saturated carbocycles. The molecule has 0 aliphatic heterocycles. The van der Waals surface area contributed by atoms with Gasteiger partial charge in [0.05, 0.1) is 12.6 Å². The van der Waals surface area contributed by atoms with Gasteiger partial charge in [0.2, 0.25) is 0 Å². The predicted octanol–water partition coefficient (Wildman–Crippen LogP) is 1.38. The van der Waals surface area contributed by atoms with Crippen LogP contribution in [0.4, 0.5) is 0 Å². The van der Waals surface area contributed by atoms with E-state index >= 15 is 0 Å². The standard InChI is InChI=1S/C10H10ClN3O2/c11-7-3-1-6(2-4-7)10-13-9(14-16-10)8(12)5-15/h1-4,8,15H,5,12H2. The minimum absolute atomic E-state index is 0.223. The van der Waals surface area contributed by atoms with E-state index in [0.29, 0.717) is 10.9 Å². The molecule has 0 aliphatic rings. The second-order valence-corrected chi connectivity index (χ2v) is 3.69. The fourth-order valence-electron chi connectivity index (χ4n) is 1.18. The largest absolute Gasteiger partial charge is 0.394 e. The summed E-state index contributed by atoms with van der Waals surface area (Å²) in [5.74, 6) is 0.642. The first-order valence-electron chi connectivity index (χ1n) is 4.66. The fourth-order valence-corrected chi connectivity index (χ4v) is 1.30. The third-order valence-electron chi connectivity index (χ3n) is 2.06. The number of halogens is 1. The van der Waals surface area contributed by atoms with Crippen molar-refractivity contribution in [2.24, 2.45) is 5.73 Å². The lowest BCUT2D eigenvalue weighted by Crippen LogP contribution is -2.15. The zero-order valence-corrected chi connectivity index (χ0v) is 9.05. The summed E-state index contributed by atoms with van der Waals surface area (Å²) in [6, 6.07) is 6.37. The number of rotatable bonds is 3. The van der Waals surface area contributed by atoms with Crippen molar-refractivity contribution >= 4 is 11.6 Å². The summed E-state index contributed by atoms with van der Waals surface area (Å²) < 4.78 is 5.02. The molecule has 0 amide bonds. The first-order valence-corrected chi connectivity index (χ1v) is 5.04. The maximum atomic E-state index is 8.84. The minimum Gasteiger partial charge on any atom is -0.394 e. The van der Waals surface area contributed by atoms with Crippen molar-refractivity contribution in [3.8, 4) is 11.5 Å². The van der Waals surface area contributed by atoms with E-state index in [2.05, 4.69) is 10.1 Å². The maximum absolute atomic E-state index is 8.84. The third-order valence-corrected chi connectivity index (χ3v) is 2.31. The monoisotopic (exact) mass is 239 g/mol. The molecule has 0 saturated heterocycles. The van der Waals surface area contributed by atoms with Gasteiger partial charge in [0.1, 0.15) is 0 Å². The summed E-state index contributed by atoms with van der Waals surface area (Å²) >= 11 is 5.76. The van der Waals surface area contributed by atoms with Crippen LogP contribution in [0.15, 0.2) is 28.8 Å². The lowest BCUT2D eigenvalue weighted by Gasteiger charge is -1.98. The number of hydrogen-bond acceptors (Lipinski definition) is 5. The van der Waals surface area contributed by atoms with E-state index in [4.69, 9.17) is 27.0 Å². The van der Waals surface area contributed by atoms with Gasteiger partial charge in [-0.15, -0.1) is 0 Å². The zero-order valence-electron chi connectivity index (χ0n) is 8.30. The molecule has 1 aromatic heterocycles. The van der Waals surface area contributed by atoms with Crippen molar-refractivity contribution in [1.82, 2.24) is 10.1 Å². The summed E-state index contributed by atoms with van der Waals surface area (Å²) in [7, 11) is 0. The fraction of sp³-hybridized carbons (Fsp3) is 0.200. The van der Waals surface area contributed by atoms with Gasteiger partial charge in [-0.3, -0.25) is 0 Å². The van der Waals surface area contributed by atoms with E-state index in [-0.39, 0.29) is 12.4 Å². The molecule has 1 atom stereocenters. The Morgan fingerprint density at radius 1 is 1.38 bits per heavy atom. The average molecular weight is 240 g/mol. The van der Waals surface area contributed by atoms with Gasteiger partial charge in [-0.25, -0.2) is 0 Å². The molecule has 1 aromatic carbocycles. The quantitative estimate of drug-likeness (QED) is 0.845. The number of nitrogens with two attached hydrogens (primary N) is 1. The van der Waals surface area contributed by atoms with Crippen molar-refractivity contribution in [3.05, 3.63) is 35.1 Å². The molecule has 84 valence electrons. The van der Waals surface area contributed by atoms with E-state index in [1.165, 1.54) is 0 Å². The lowest BCUT2D eigenvalue weighted by molar-refractivity contribution is 0.260. The predicted molar refractivity (Wildman–Crippen MR) is 58.8 cm³/mol. The smallest absolute Gasteiger partial charge is 0.257 e. The van der Waals surface area contributed by atoms with Crippen molar-refractivity contribution < 1.29 is 9.63 Å². The highest BCUT2D eigenvalue weighted by atomic mass is 35.5. The number of benzene rings is 1. The van der Waals surface area contributed by atoms with Gasteiger partial charge < -0.3 is 15.4 Å². The molecule has 0 bridgehead atoms. The van der Waals surface area contributed by atoms with E-state index in [9.17, 15) is 0 Å². The van der Waals surface area contributed by atoms with Crippen LogP contribution < -0.4 is 5.73 Å². The van der Waals surface area contributed by atoms with Crippen LogP contribution in [0, 0.1) is 0 Å². The highest BCUT2D eigenvalue weighted by molar-refractivity contribution is 6.30. The van der Waals surface area contributed by atoms with Gasteiger partial charge in [-0.05, 0) is 24.3 Å². The van der Waals surface area contributed by atoms with Crippen LogP contribution >= 0.6 is 11.6 Å². The third kappa shape index (κ3) is 2.21. The SMILES string of the molecule is NC(CO)c1noc(-c2ccc(Cl)cc2)n1. The molecule has 2 rings (SSSR count). The van der Waals surface area contributed by atoms with Crippen LogP contribution in [0.2, 0.25) is 5.02 Å². The first-order chi connectivity index (χ1) is 7.70. The van der Waals surface area contributed by atoms with Crippen molar-refractivity contribution in [2.45, 2.75) is 6.04 Å².